The summed E-state index contributed by atoms with van der Waals surface area (Å²) in [7, 11) is 0.313. The molecule has 0 radical (unpaired) electrons. The number of hydrogen-bond donors (Lipinski definition) is 0. The minimum Gasteiger partial charge on any atom is -0.299 e. The normalized spacial score (nSPS) is 54.0. The van der Waals surface area contributed by atoms with Crippen LogP contribution in [-0.4, -0.2) is 16.3 Å². The van der Waals surface area contributed by atoms with Gasteiger partial charge in [-0.2, -0.15) is 0 Å². The number of ketones is 1. The molecule has 3 aliphatic carbocycles. The maximum Gasteiger partial charge on any atom is 0.144 e. The van der Waals surface area contributed by atoms with Crippen molar-refractivity contribution < 1.29 is 4.79 Å². The van der Waals surface area contributed by atoms with E-state index in [-0.39, 0.29) is 10.8 Å². The standard InChI is InChI=1S/C17H25OS/c1-4-19-13-6-5-11(9-13)15(19)17-8-7-12(10-14(17)18)16(17,2)3/h4,11-13,15H,1,5-10H2,2-3H3/q+1/t11-,12-,13+,15+,17+,19?/m1/s1. The van der Waals surface area contributed by atoms with Crippen LogP contribution in [0.2, 0.25) is 0 Å². The molecule has 0 amide bonds. The topological polar surface area (TPSA) is 17.1 Å². The van der Waals surface area contributed by atoms with E-state index < -0.39 is 0 Å². The van der Waals surface area contributed by atoms with Crippen molar-refractivity contribution in [2.24, 2.45) is 22.7 Å². The van der Waals surface area contributed by atoms with Crippen LogP contribution in [0, 0.1) is 22.7 Å². The van der Waals surface area contributed by atoms with Crippen LogP contribution in [0.25, 0.3) is 0 Å². The first-order valence-corrected chi connectivity index (χ1v) is 9.30. The zero-order valence-corrected chi connectivity index (χ0v) is 13.0. The first-order valence-electron chi connectivity index (χ1n) is 7.89. The average Bonchev–Trinajstić information content (AvgIpc) is 3.07. The van der Waals surface area contributed by atoms with Crippen LogP contribution in [0.5, 0.6) is 0 Å². The Morgan fingerprint density at radius 2 is 2.11 bits per heavy atom. The van der Waals surface area contributed by atoms with Crippen molar-refractivity contribution in [1.82, 2.24) is 0 Å². The molecule has 19 heavy (non-hydrogen) atoms. The van der Waals surface area contributed by atoms with Crippen molar-refractivity contribution in [3.8, 4) is 0 Å². The Bertz CT molecular complexity index is 454. The molecule has 4 aliphatic rings. The van der Waals surface area contributed by atoms with E-state index >= 15 is 0 Å². The Morgan fingerprint density at radius 3 is 2.68 bits per heavy atom. The van der Waals surface area contributed by atoms with Gasteiger partial charge in [0.2, 0.25) is 0 Å². The van der Waals surface area contributed by atoms with E-state index in [9.17, 15) is 4.79 Å². The molecule has 3 saturated carbocycles. The van der Waals surface area contributed by atoms with Crippen molar-refractivity contribution in [2.75, 3.05) is 0 Å². The molecule has 0 aromatic rings. The van der Waals surface area contributed by atoms with E-state index in [1.807, 2.05) is 0 Å². The zero-order valence-electron chi connectivity index (χ0n) is 12.2. The molecule has 0 aromatic carbocycles. The summed E-state index contributed by atoms with van der Waals surface area (Å²) in [4.78, 5) is 12.9. The SMILES string of the molecule is C=C[S+]1[C@H]2CC[C@H](C2)[C@H]1[C@]12CC[C@H](CC1=O)C2(C)C. The summed E-state index contributed by atoms with van der Waals surface area (Å²) in [5.41, 5.74) is 0.266. The van der Waals surface area contributed by atoms with E-state index in [0.717, 1.165) is 17.6 Å². The monoisotopic (exact) mass is 277 g/mol. The van der Waals surface area contributed by atoms with Crippen molar-refractivity contribution in [3.05, 3.63) is 12.0 Å². The molecule has 2 heteroatoms. The van der Waals surface area contributed by atoms with Gasteiger partial charge in [0.25, 0.3) is 0 Å². The van der Waals surface area contributed by atoms with Gasteiger partial charge in [0.15, 0.2) is 0 Å². The van der Waals surface area contributed by atoms with Gasteiger partial charge in [0.1, 0.15) is 21.7 Å². The van der Waals surface area contributed by atoms with Crippen LogP contribution >= 0.6 is 0 Å². The number of carbonyl (C=O) groups excluding carboxylic acids is 1. The van der Waals surface area contributed by atoms with Crippen molar-refractivity contribution >= 4 is 16.7 Å². The van der Waals surface area contributed by atoms with E-state index in [0.29, 0.717) is 27.8 Å². The largest absolute Gasteiger partial charge is 0.299 e. The summed E-state index contributed by atoms with van der Waals surface area (Å²) < 4.78 is 0. The van der Waals surface area contributed by atoms with Gasteiger partial charge >= 0.3 is 0 Å². The summed E-state index contributed by atoms with van der Waals surface area (Å²) in [6.45, 7) is 8.93. The summed E-state index contributed by atoms with van der Waals surface area (Å²) in [5, 5.41) is 3.75. The molecule has 0 aromatic heterocycles. The molecule has 4 fully saturated rings. The third-order valence-electron chi connectivity index (χ3n) is 7.20. The molecule has 104 valence electrons. The molecule has 4 rings (SSSR count). The number of Topliss-reactive ketones (excluding diaryl/α,β-unsaturated/α-hetero) is 1. The van der Waals surface area contributed by atoms with E-state index in [1.165, 1.54) is 32.1 Å². The van der Waals surface area contributed by atoms with Gasteiger partial charge in [-0.3, -0.25) is 4.79 Å². The second kappa shape index (κ2) is 3.69. The van der Waals surface area contributed by atoms with Crippen molar-refractivity contribution in [1.29, 1.82) is 0 Å². The highest BCUT2D eigenvalue weighted by Gasteiger charge is 2.75. The third kappa shape index (κ3) is 1.24. The summed E-state index contributed by atoms with van der Waals surface area (Å²) in [5.74, 6) is 2.10. The van der Waals surface area contributed by atoms with Crippen LogP contribution in [0.4, 0.5) is 0 Å². The van der Waals surface area contributed by atoms with Gasteiger partial charge in [-0.1, -0.05) is 20.4 Å². The average molecular weight is 277 g/mol. The minimum atomic E-state index is 0.0226. The molecule has 0 N–H and O–H groups in total. The first kappa shape index (κ1) is 12.5. The quantitative estimate of drug-likeness (QED) is 0.704. The van der Waals surface area contributed by atoms with E-state index in [4.69, 9.17) is 0 Å². The molecule has 1 heterocycles. The second-order valence-corrected chi connectivity index (χ2v) is 10.1. The highest BCUT2D eigenvalue weighted by molar-refractivity contribution is 8.01. The Kier molecular flexibility index (Phi) is 2.43. The molecular weight excluding hydrogens is 252 g/mol. The molecule has 0 spiro atoms. The maximum atomic E-state index is 12.9. The van der Waals surface area contributed by atoms with Gasteiger partial charge in [-0.25, -0.2) is 0 Å². The van der Waals surface area contributed by atoms with Gasteiger partial charge in [0, 0.05) is 29.7 Å². The first-order chi connectivity index (χ1) is 9.02. The van der Waals surface area contributed by atoms with Crippen molar-refractivity contribution in [3.63, 3.8) is 0 Å². The van der Waals surface area contributed by atoms with Gasteiger partial charge in [-0.05, 0) is 37.0 Å². The van der Waals surface area contributed by atoms with Crippen LogP contribution in [0.3, 0.4) is 0 Å². The Hall–Kier alpha value is -0.240. The van der Waals surface area contributed by atoms with Crippen LogP contribution in [-0.2, 0) is 15.7 Å². The fourth-order valence-electron chi connectivity index (χ4n) is 6.18. The number of hydrogen-bond acceptors (Lipinski definition) is 1. The number of rotatable bonds is 2. The Labute approximate surface area is 119 Å². The van der Waals surface area contributed by atoms with Gasteiger partial charge < -0.3 is 0 Å². The maximum absolute atomic E-state index is 12.9. The highest BCUT2D eigenvalue weighted by Crippen LogP contribution is 2.70. The lowest BCUT2D eigenvalue weighted by Crippen LogP contribution is -2.52. The predicted molar refractivity (Wildman–Crippen MR) is 81.0 cm³/mol. The van der Waals surface area contributed by atoms with Crippen LogP contribution in [0.1, 0.15) is 52.4 Å². The second-order valence-electron chi connectivity index (χ2n) is 7.75. The van der Waals surface area contributed by atoms with Crippen molar-refractivity contribution in [2.45, 2.75) is 62.9 Å². The fourth-order valence-corrected chi connectivity index (χ4v) is 9.66. The number of carbonyl (C=O) groups is 1. The summed E-state index contributed by atoms with van der Waals surface area (Å²) in [6.07, 6.45) is 7.49. The van der Waals surface area contributed by atoms with E-state index in [1.54, 1.807) is 0 Å². The molecular formula is C17H25OS+. The lowest BCUT2D eigenvalue weighted by atomic mass is 9.64. The Morgan fingerprint density at radius 1 is 1.32 bits per heavy atom. The Balaban J connectivity index is 1.82. The predicted octanol–water partition coefficient (Wildman–Crippen LogP) is 3.69. The molecule has 1 nitrogen and oxygen atoms in total. The molecule has 6 atom stereocenters. The third-order valence-corrected chi connectivity index (χ3v) is 10.2. The molecule has 1 aliphatic heterocycles. The fraction of sp³-hybridized carbons (Fsp3) is 0.824. The summed E-state index contributed by atoms with van der Waals surface area (Å²) >= 11 is 0. The molecule has 4 bridgehead atoms. The summed E-state index contributed by atoms with van der Waals surface area (Å²) in [6, 6.07) is 0. The molecule has 1 saturated heterocycles. The van der Waals surface area contributed by atoms with Crippen LogP contribution in [0.15, 0.2) is 12.0 Å². The van der Waals surface area contributed by atoms with Crippen LogP contribution < -0.4 is 0 Å². The number of fused-ring (bicyclic) bond motifs is 4. The molecule has 1 unspecified atom stereocenters. The zero-order chi connectivity index (χ0) is 13.4. The minimum absolute atomic E-state index is 0.0226. The smallest absolute Gasteiger partial charge is 0.144 e. The highest BCUT2D eigenvalue weighted by atomic mass is 32.2. The van der Waals surface area contributed by atoms with E-state index in [2.05, 4.69) is 25.8 Å². The lowest BCUT2D eigenvalue weighted by Gasteiger charge is -2.42. The lowest BCUT2D eigenvalue weighted by molar-refractivity contribution is -0.130. The van der Waals surface area contributed by atoms with Gasteiger partial charge in [-0.15, -0.1) is 0 Å². The van der Waals surface area contributed by atoms with Gasteiger partial charge in [0.05, 0.1) is 5.41 Å².